The van der Waals surface area contributed by atoms with Gasteiger partial charge in [-0.2, -0.15) is 0 Å². The van der Waals surface area contributed by atoms with Gasteiger partial charge in [0, 0.05) is 19.2 Å². The van der Waals surface area contributed by atoms with Crippen molar-refractivity contribution in [1.82, 2.24) is 15.6 Å². The number of pyridine rings is 1. The minimum absolute atomic E-state index is 0.0220. The number of amides is 2. The fourth-order valence-electron chi connectivity index (χ4n) is 4.06. The zero-order chi connectivity index (χ0) is 31.4. The molecule has 1 rings (SSSR count). The number of nitrogens with zero attached hydrogens (tertiary/aromatic N) is 1. The van der Waals surface area contributed by atoms with E-state index in [1.165, 1.54) is 0 Å². The molecule has 0 saturated heterocycles. The molecule has 1 aromatic heterocycles. The van der Waals surface area contributed by atoms with Gasteiger partial charge in [0.1, 0.15) is 6.04 Å². The van der Waals surface area contributed by atoms with E-state index in [1.54, 1.807) is 18.3 Å². The third kappa shape index (κ3) is 19.7. The molecule has 0 aromatic carbocycles. The number of carboxylic acid groups (broad SMARTS) is 1. The number of aromatic nitrogens is 1. The normalized spacial score (nSPS) is 12.9. The van der Waals surface area contributed by atoms with E-state index in [0.29, 0.717) is 49.9 Å². The number of aryl methyl sites for hydroxylation is 1. The van der Waals surface area contributed by atoms with Gasteiger partial charge in [-0.05, 0) is 82.8 Å². The maximum atomic E-state index is 12.5. The quantitative estimate of drug-likeness (QED) is 0.0900. The number of hydrogen-bond donors (Lipinski definition) is 3. The molecule has 0 aliphatic heterocycles. The average Bonchev–Trinajstić information content (AvgIpc) is 3.01. The van der Waals surface area contributed by atoms with E-state index < -0.39 is 17.9 Å². The van der Waals surface area contributed by atoms with Gasteiger partial charge in [-0.3, -0.25) is 14.6 Å². The summed E-state index contributed by atoms with van der Waals surface area (Å²) in [7, 11) is 0. The summed E-state index contributed by atoms with van der Waals surface area (Å²) in [6, 6.07) is 2.32. The third-order valence-corrected chi connectivity index (χ3v) is 6.45. The smallest absolute Gasteiger partial charge is 0.326 e. The van der Waals surface area contributed by atoms with Gasteiger partial charge >= 0.3 is 5.97 Å². The molecule has 1 unspecified atom stereocenters. The minimum Gasteiger partial charge on any atom is -0.480 e. The lowest BCUT2D eigenvalue weighted by Gasteiger charge is -2.15. The Morgan fingerprint density at radius 1 is 0.814 bits per heavy atom. The van der Waals surface area contributed by atoms with Gasteiger partial charge in [-0.15, -0.1) is 0 Å². The second-order valence-corrected chi connectivity index (χ2v) is 10.0. The lowest BCUT2D eigenvalue weighted by atomic mass is 10.1. The maximum Gasteiger partial charge on any atom is 0.326 e. The Kier molecular flexibility index (Phi) is 22.1. The zero-order valence-corrected chi connectivity index (χ0v) is 26.0. The van der Waals surface area contributed by atoms with Crippen LogP contribution in [0, 0.1) is 0 Å². The van der Waals surface area contributed by atoms with Crippen molar-refractivity contribution in [3.05, 3.63) is 102 Å². The highest BCUT2D eigenvalue weighted by molar-refractivity contribution is 5.97. The molecule has 43 heavy (non-hydrogen) atoms. The Morgan fingerprint density at radius 2 is 1.37 bits per heavy atom. The highest BCUT2D eigenvalue weighted by Crippen LogP contribution is 2.09. The first kappa shape index (κ1) is 37.0. The summed E-state index contributed by atoms with van der Waals surface area (Å²) in [5.41, 5.74) is 1.03. The molecule has 1 aromatic rings. The van der Waals surface area contributed by atoms with Gasteiger partial charge in [-0.1, -0.05) is 86.8 Å². The zero-order valence-electron chi connectivity index (χ0n) is 26.0. The highest BCUT2D eigenvalue weighted by Gasteiger charge is 2.21. The van der Waals surface area contributed by atoms with Gasteiger partial charge in [0.25, 0.3) is 5.91 Å². The molecule has 0 spiro atoms. The SMILES string of the molecule is CCC=CCC=CCC=CCC=CCC=CCC=CCCC(=O)NCCCCC(NC(=O)c1cccnc1CC)C(=O)O. The molecule has 3 N–H and O–H groups in total. The van der Waals surface area contributed by atoms with Crippen molar-refractivity contribution in [2.75, 3.05) is 6.54 Å². The molecular weight excluding hydrogens is 538 g/mol. The van der Waals surface area contributed by atoms with Crippen molar-refractivity contribution < 1.29 is 19.5 Å². The summed E-state index contributed by atoms with van der Waals surface area (Å²) in [6.07, 6.45) is 36.4. The second kappa shape index (κ2) is 25.7. The summed E-state index contributed by atoms with van der Waals surface area (Å²) in [5, 5.41) is 15.0. The molecule has 0 radical (unpaired) electrons. The van der Waals surface area contributed by atoms with Crippen LogP contribution in [0.5, 0.6) is 0 Å². The van der Waals surface area contributed by atoms with Gasteiger partial charge in [-0.25, -0.2) is 4.79 Å². The highest BCUT2D eigenvalue weighted by atomic mass is 16.4. The van der Waals surface area contributed by atoms with Crippen molar-refractivity contribution in [3.63, 3.8) is 0 Å². The molecule has 7 heteroatoms. The molecule has 0 bridgehead atoms. The van der Waals surface area contributed by atoms with Crippen LogP contribution >= 0.6 is 0 Å². The predicted octanol–water partition coefficient (Wildman–Crippen LogP) is 7.59. The minimum atomic E-state index is -1.07. The lowest BCUT2D eigenvalue weighted by molar-refractivity contribution is -0.139. The van der Waals surface area contributed by atoms with Crippen LogP contribution in [-0.4, -0.2) is 40.5 Å². The van der Waals surface area contributed by atoms with Crippen LogP contribution in [-0.2, 0) is 16.0 Å². The number of carboxylic acids is 1. The fraction of sp³-hybridized carbons (Fsp3) is 0.444. The Hall–Kier alpha value is -4.00. The van der Waals surface area contributed by atoms with E-state index in [4.69, 9.17) is 0 Å². The first-order valence-corrected chi connectivity index (χ1v) is 15.6. The molecule has 0 saturated carbocycles. The first-order valence-electron chi connectivity index (χ1n) is 15.6. The monoisotopic (exact) mass is 589 g/mol. The Labute approximate surface area is 258 Å². The molecule has 0 aliphatic rings. The molecule has 7 nitrogen and oxygen atoms in total. The van der Waals surface area contributed by atoms with Gasteiger partial charge < -0.3 is 15.7 Å². The second-order valence-electron chi connectivity index (χ2n) is 10.0. The van der Waals surface area contributed by atoms with E-state index >= 15 is 0 Å². The molecule has 1 heterocycles. The number of unbranched alkanes of at least 4 members (excludes halogenated alkanes) is 1. The van der Waals surface area contributed by atoms with Crippen molar-refractivity contribution in [1.29, 1.82) is 0 Å². The van der Waals surface area contributed by atoms with Crippen LogP contribution in [0.25, 0.3) is 0 Å². The van der Waals surface area contributed by atoms with Crippen LogP contribution in [0.4, 0.5) is 0 Å². The topological polar surface area (TPSA) is 108 Å². The molecule has 0 aliphatic carbocycles. The Morgan fingerprint density at radius 3 is 1.91 bits per heavy atom. The molecule has 1 atom stereocenters. The number of rotatable bonds is 23. The molecular formula is C36H51N3O4. The van der Waals surface area contributed by atoms with E-state index in [0.717, 1.165) is 38.5 Å². The average molecular weight is 590 g/mol. The largest absolute Gasteiger partial charge is 0.480 e. The van der Waals surface area contributed by atoms with Crippen LogP contribution in [0.2, 0.25) is 0 Å². The molecule has 0 fully saturated rings. The third-order valence-electron chi connectivity index (χ3n) is 6.45. The van der Waals surface area contributed by atoms with E-state index in [-0.39, 0.29) is 12.3 Å². The Bertz CT molecular complexity index is 1120. The summed E-state index contributed by atoms with van der Waals surface area (Å²) < 4.78 is 0. The lowest BCUT2D eigenvalue weighted by Crippen LogP contribution is -2.41. The summed E-state index contributed by atoms with van der Waals surface area (Å²) in [5.74, 6) is -1.53. The van der Waals surface area contributed by atoms with Crippen LogP contribution < -0.4 is 10.6 Å². The van der Waals surface area contributed by atoms with E-state index in [1.807, 2.05) is 13.0 Å². The number of allylic oxidation sites excluding steroid dienone is 12. The summed E-state index contributed by atoms with van der Waals surface area (Å²) in [6.45, 7) is 4.52. The fourth-order valence-corrected chi connectivity index (χ4v) is 4.06. The number of hydrogen-bond acceptors (Lipinski definition) is 4. The number of aliphatic carboxylic acids is 1. The maximum absolute atomic E-state index is 12.5. The van der Waals surface area contributed by atoms with Crippen LogP contribution in [0.1, 0.15) is 101 Å². The van der Waals surface area contributed by atoms with E-state index in [2.05, 4.69) is 89.4 Å². The van der Waals surface area contributed by atoms with Crippen molar-refractivity contribution >= 4 is 17.8 Å². The first-order chi connectivity index (χ1) is 21.0. The van der Waals surface area contributed by atoms with Crippen LogP contribution in [0.3, 0.4) is 0 Å². The van der Waals surface area contributed by atoms with Crippen molar-refractivity contribution in [2.45, 2.75) is 96.9 Å². The van der Waals surface area contributed by atoms with Crippen molar-refractivity contribution in [2.24, 2.45) is 0 Å². The van der Waals surface area contributed by atoms with Gasteiger partial charge in [0.2, 0.25) is 5.91 Å². The molecule has 2 amide bonds. The van der Waals surface area contributed by atoms with Gasteiger partial charge in [0.15, 0.2) is 0 Å². The van der Waals surface area contributed by atoms with E-state index in [9.17, 15) is 19.5 Å². The molecule has 234 valence electrons. The standard InChI is InChI=1S/C36H51N3O4/c1-3-5-6-7-8-9-10-11-12-13-14-15-16-17-18-19-20-21-22-28-34(40)38-29-24-23-27-33(36(42)43)39-35(41)31-26-25-30-37-32(31)4-2/h5-6,8-9,11-12,14-15,17-18,20-21,25-26,30,33H,3-4,7,10,13,16,19,22-24,27-29H2,1-2H3,(H,38,40)(H,39,41)(H,42,43). The summed E-state index contributed by atoms with van der Waals surface area (Å²) in [4.78, 5) is 40.4. The predicted molar refractivity (Wildman–Crippen MR) is 177 cm³/mol. The Balaban J connectivity index is 2.10. The van der Waals surface area contributed by atoms with Crippen LogP contribution in [0.15, 0.2) is 91.2 Å². The van der Waals surface area contributed by atoms with Gasteiger partial charge in [0.05, 0.1) is 11.3 Å². The summed E-state index contributed by atoms with van der Waals surface area (Å²) >= 11 is 0. The number of carbonyl (C=O) groups excluding carboxylic acids is 2. The number of nitrogens with one attached hydrogen (secondary N) is 2. The number of carbonyl (C=O) groups is 3. The van der Waals surface area contributed by atoms with Crippen molar-refractivity contribution in [3.8, 4) is 0 Å².